The highest BCUT2D eigenvalue weighted by Crippen LogP contribution is 2.35. The molecule has 2 heteroatoms. The largest absolute Gasteiger partial charge is 0.507 e. The minimum Gasteiger partial charge on any atom is -0.507 e. The van der Waals surface area contributed by atoms with Crippen molar-refractivity contribution in [1.29, 1.82) is 0 Å². The molecule has 0 radical (unpaired) electrons. The van der Waals surface area contributed by atoms with Crippen molar-refractivity contribution in [1.82, 2.24) is 0 Å². The van der Waals surface area contributed by atoms with Gasteiger partial charge in [0.05, 0.1) is 0 Å². The van der Waals surface area contributed by atoms with Crippen LogP contribution in [0.25, 0.3) is 0 Å². The van der Waals surface area contributed by atoms with Gasteiger partial charge in [-0.25, -0.2) is 0 Å². The first-order valence-electron chi connectivity index (χ1n) is 13.5. The standard InChI is InChI=1S/C32H50O2/c1-23-19-25(21-27(29(23)33)31(3,4)5)17-15-13-11-9-10-12-14-16-18-26-20-24(2)30(34)28(22-26)32(6,7)8/h19-22,33-34H,9-18H2,1-8H3. The van der Waals surface area contributed by atoms with Gasteiger partial charge < -0.3 is 10.2 Å². The summed E-state index contributed by atoms with van der Waals surface area (Å²) in [7, 11) is 0. The van der Waals surface area contributed by atoms with Crippen LogP contribution < -0.4 is 0 Å². The van der Waals surface area contributed by atoms with Gasteiger partial charge in [0.2, 0.25) is 0 Å². The lowest BCUT2D eigenvalue weighted by atomic mass is 9.83. The first-order chi connectivity index (χ1) is 15.8. The zero-order valence-corrected chi connectivity index (χ0v) is 23.3. The van der Waals surface area contributed by atoms with Crippen LogP contribution in [-0.2, 0) is 23.7 Å². The molecule has 2 nitrogen and oxygen atoms in total. The Hall–Kier alpha value is -1.96. The number of hydrogen-bond acceptors (Lipinski definition) is 2. The van der Waals surface area contributed by atoms with Crippen molar-refractivity contribution in [3.05, 3.63) is 57.6 Å². The van der Waals surface area contributed by atoms with Gasteiger partial charge >= 0.3 is 0 Å². The fraction of sp³-hybridized carbons (Fsp3) is 0.625. The molecule has 2 aromatic rings. The molecule has 2 rings (SSSR count). The molecule has 0 fully saturated rings. The topological polar surface area (TPSA) is 40.5 Å². The molecule has 2 aromatic carbocycles. The van der Waals surface area contributed by atoms with Crippen LogP contribution in [0, 0.1) is 13.8 Å². The van der Waals surface area contributed by atoms with Crippen LogP contribution in [0.2, 0.25) is 0 Å². The van der Waals surface area contributed by atoms with Gasteiger partial charge in [-0.15, -0.1) is 0 Å². The molecule has 0 aliphatic rings. The van der Waals surface area contributed by atoms with Crippen LogP contribution in [-0.4, -0.2) is 10.2 Å². The molecule has 0 unspecified atom stereocenters. The Balaban J connectivity index is 1.64. The summed E-state index contributed by atoms with van der Waals surface area (Å²) in [4.78, 5) is 0. The molecule has 190 valence electrons. The lowest BCUT2D eigenvalue weighted by molar-refractivity contribution is 0.441. The number of phenolic OH excluding ortho intramolecular Hbond substituents is 2. The van der Waals surface area contributed by atoms with E-state index in [9.17, 15) is 10.2 Å². The highest BCUT2D eigenvalue weighted by atomic mass is 16.3. The van der Waals surface area contributed by atoms with Gasteiger partial charge in [-0.05, 0) is 83.7 Å². The predicted octanol–water partition coefficient (Wildman–Crippen LogP) is 9.22. The van der Waals surface area contributed by atoms with Gasteiger partial charge in [-0.2, -0.15) is 0 Å². The number of aryl methyl sites for hydroxylation is 4. The summed E-state index contributed by atoms with van der Waals surface area (Å²) in [5, 5.41) is 20.8. The van der Waals surface area contributed by atoms with Gasteiger partial charge in [0.1, 0.15) is 11.5 Å². The summed E-state index contributed by atoms with van der Waals surface area (Å²) in [5.41, 5.74) is 6.80. The van der Waals surface area contributed by atoms with Crippen LogP contribution in [0.15, 0.2) is 24.3 Å². The third kappa shape index (κ3) is 8.36. The van der Waals surface area contributed by atoms with Gasteiger partial charge in [0.25, 0.3) is 0 Å². The lowest BCUT2D eigenvalue weighted by Crippen LogP contribution is -2.12. The maximum absolute atomic E-state index is 10.4. The second-order valence-electron chi connectivity index (χ2n) is 12.4. The van der Waals surface area contributed by atoms with Crippen molar-refractivity contribution in [2.75, 3.05) is 0 Å². The highest BCUT2D eigenvalue weighted by Gasteiger charge is 2.21. The Morgan fingerprint density at radius 3 is 1.09 bits per heavy atom. The summed E-state index contributed by atoms with van der Waals surface area (Å²) >= 11 is 0. The van der Waals surface area contributed by atoms with Gasteiger partial charge in [0.15, 0.2) is 0 Å². The summed E-state index contributed by atoms with van der Waals surface area (Å²) in [6, 6.07) is 8.74. The van der Waals surface area contributed by atoms with Crippen LogP contribution >= 0.6 is 0 Å². The summed E-state index contributed by atoms with van der Waals surface area (Å²) < 4.78 is 0. The third-order valence-corrected chi connectivity index (χ3v) is 7.02. The molecule has 2 N–H and O–H groups in total. The van der Waals surface area contributed by atoms with E-state index in [1.54, 1.807) is 0 Å². The normalized spacial score (nSPS) is 12.4. The molecule has 0 amide bonds. The van der Waals surface area contributed by atoms with Crippen molar-refractivity contribution in [3.8, 4) is 11.5 Å². The molecule has 0 aromatic heterocycles. The fourth-order valence-corrected chi connectivity index (χ4v) is 4.86. The monoisotopic (exact) mass is 466 g/mol. The number of aromatic hydroxyl groups is 2. The molecule has 0 heterocycles. The van der Waals surface area contributed by atoms with Crippen LogP contribution in [0.3, 0.4) is 0 Å². The fourth-order valence-electron chi connectivity index (χ4n) is 4.86. The summed E-state index contributed by atoms with van der Waals surface area (Å²) in [5.74, 6) is 0.929. The number of rotatable bonds is 11. The Kier molecular flexibility index (Phi) is 10.1. The molecule has 0 aliphatic carbocycles. The van der Waals surface area contributed by atoms with E-state index >= 15 is 0 Å². The van der Waals surface area contributed by atoms with E-state index in [2.05, 4.69) is 65.8 Å². The van der Waals surface area contributed by atoms with Crippen molar-refractivity contribution in [2.45, 2.75) is 130 Å². The van der Waals surface area contributed by atoms with Gasteiger partial charge in [-0.1, -0.05) is 104 Å². The smallest absolute Gasteiger partial charge is 0.122 e. The highest BCUT2D eigenvalue weighted by molar-refractivity contribution is 5.47. The van der Waals surface area contributed by atoms with E-state index in [0.29, 0.717) is 11.5 Å². The molecule has 34 heavy (non-hydrogen) atoms. The van der Waals surface area contributed by atoms with Gasteiger partial charge in [0, 0.05) is 0 Å². The van der Waals surface area contributed by atoms with Crippen molar-refractivity contribution >= 4 is 0 Å². The van der Waals surface area contributed by atoms with Gasteiger partial charge in [-0.3, -0.25) is 0 Å². The maximum atomic E-state index is 10.4. The minimum absolute atomic E-state index is 0.0269. The number of hydrogen-bond donors (Lipinski definition) is 2. The lowest BCUT2D eigenvalue weighted by Gasteiger charge is -2.22. The van der Waals surface area contributed by atoms with Crippen LogP contribution in [0.5, 0.6) is 11.5 Å². The van der Waals surface area contributed by atoms with Crippen LogP contribution in [0.1, 0.15) is 126 Å². The molecule has 0 saturated heterocycles. The maximum Gasteiger partial charge on any atom is 0.122 e. The Bertz CT molecular complexity index is 848. The quantitative estimate of drug-likeness (QED) is 0.324. The molecule has 0 bridgehead atoms. The summed E-state index contributed by atoms with van der Waals surface area (Å²) in [6.45, 7) is 17.0. The minimum atomic E-state index is -0.0269. The second-order valence-corrected chi connectivity index (χ2v) is 12.4. The Morgan fingerprint density at radius 2 is 0.794 bits per heavy atom. The van der Waals surface area contributed by atoms with Crippen molar-refractivity contribution in [3.63, 3.8) is 0 Å². The molecule has 0 atom stereocenters. The predicted molar refractivity (Wildman–Crippen MR) is 147 cm³/mol. The SMILES string of the molecule is Cc1cc(CCCCCCCCCCc2cc(C)c(O)c(C(C)(C)C)c2)cc(C(C)(C)C)c1O. The zero-order valence-electron chi connectivity index (χ0n) is 23.3. The van der Waals surface area contributed by atoms with E-state index in [1.807, 2.05) is 13.8 Å². The average molecular weight is 467 g/mol. The van der Waals surface area contributed by atoms with E-state index in [4.69, 9.17) is 0 Å². The van der Waals surface area contributed by atoms with Crippen molar-refractivity contribution in [2.24, 2.45) is 0 Å². The number of unbranched alkanes of at least 4 members (excludes halogenated alkanes) is 7. The first kappa shape index (κ1) is 28.3. The van der Waals surface area contributed by atoms with E-state index in [0.717, 1.165) is 35.1 Å². The first-order valence-corrected chi connectivity index (χ1v) is 13.5. The second kappa shape index (κ2) is 12.1. The average Bonchev–Trinajstić information content (AvgIpc) is 2.72. The number of phenols is 2. The summed E-state index contributed by atoms with van der Waals surface area (Å²) in [6.07, 6.45) is 12.5. The molecule has 0 aliphatic heterocycles. The van der Waals surface area contributed by atoms with Crippen molar-refractivity contribution < 1.29 is 10.2 Å². The molecular formula is C32H50O2. The number of benzene rings is 2. The zero-order chi connectivity index (χ0) is 25.5. The molecular weight excluding hydrogens is 416 g/mol. The Labute approximate surface area is 209 Å². The molecule has 0 spiro atoms. The third-order valence-electron chi connectivity index (χ3n) is 7.02. The van der Waals surface area contributed by atoms with E-state index < -0.39 is 0 Å². The van der Waals surface area contributed by atoms with Crippen LogP contribution in [0.4, 0.5) is 0 Å². The Morgan fingerprint density at radius 1 is 0.500 bits per heavy atom. The van der Waals surface area contributed by atoms with E-state index in [-0.39, 0.29) is 10.8 Å². The van der Waals surface area contributed by atoms with E-state index in [1.165, 1.54) is 62.5 Å². The molecule has 0 saturated carbocycles.